The fraction of sp³-hybridized carbons (Fsp3) is 0.109. The van der Waals surface area contributed by atoms with Crippen LogP contribution in [0.1, 0.15) is 61.1 Å². The molecule has 0 aliphatic heterocycles. The summed E-state index contributed by atoms with van der Waals surface area (Å²) in [5.74, 6) is 1.93. The summed E-state index contributed by atoms with van der Waals surface area (Å²) in [6.45, 7) is 9.17. The van der Waals surface area contributed by atoms with E-state index in [-0.39, 0.29) is 5.41 Å². The maximum absolute atomic E-state index is 5.27. The van der Waals surface area contributed by atoms with Crippen molar-refractivity contribution in [2.24, 2.45) is 0 Å². The minimum Gasteiger partial charge on any atom is -0.208 e. The number of nitrogens with zero attached hydrogens (tertiary/aromatic N) is 3. The molecule has 278 valence electrons. The van der Waals surface area contributed by atoms with E-state index >= 15 is 0 Å². The molecule has 1 heterocycles. The number of fused-ring (bicyclic) bond motifs is 6. The average molecular weight is 746 g/mol. The van der Waals surface area contributed by atoms with E-state index in [9.17, 15) is 0 Å². The third kappa shape index (κ3) is 5.53. The fourth-order valence-electron chi connectivity index (χ4n) is 9.56. The summed E-state index contributed by atoms with van der Waals surface area (Å²) in [5.41, 5.74) is 17.3. The molecule has 2 aliphatic carbocycles. The van der Waals surface area contributed by atoms with E-state index in [1.807, 2.05) is 12.1 Å². The van der Waals surface area contributed by atoms with Gasteiger partial charge in [-0.1, -0.05) is 196 Å². The third-order valence-corrected chi connectivity index (χ3v) is 12.4. The van der Waals surface area contributed by atoms with Gasteiger partial charge >= 0.3 is 0 Å². The summed E-state index contributed by atoms with van der Waals surface area (Å²) >= 11 is 0. The highest BCUT2D eigenvalue weighted by Gasteiger charge is 2.52. The molecule has 0 N–H and O–H groups in total. The van der Waals surface area contributed by atoms with Crippen molar-refractivity contribution in [2.75, 3.05) is 0 Å². The normalized spacial score (nSPS) is 16.3. The van der Waals surface area contributed by atoms with Crippen molar-refractivity contribution in [1.82, 2.24) is 15.0 Å². The monoisotopic (exact) mass is 745 g/mol. The van der Waals surface area contributed by atoms with E-state index in [1.165, 1.54) is 55.7 Å². The van der Waals surface area contributed by atoms with E-state index in [0.717, 1.165) is 27.8 Å². The highest BCUT2D eigenvalue weighted by atomic mass is 15.0. The van der Waals surface area contributed by atoms with Crippen LogP contribution in [0.15, 0.2) is 194 Å². The van der Waals surface area contributed by atoms with Gasteiger partial charge in [0, 0.05) is 22.1 Å². The van der Waals surface area contributed by atoms with E-state index in [2.05, 4.69) is 204 Å². The standard InChI is InChI=1S/C55H43N3/c1-5-16-44-36(2)55(46-22-13-12-21-45(44)46)49-24-15-14-23-47(49)54(3,4)48-34-33-43(35-50(48)55)53-57-51(41-29-25-39(26-30-41)37-17-8-6-9-18-37)56-52(58-53)42-31-27-40(28-32-42)38-19-10-7-11-20-38/h5-35H,1-4H3/b16-5-. The number of allylic oxidation sites excluding steroid dienone is 4. The number of hydrogen-bond acceptors (Lipinski definition) is 3. The van der Waals surface area contributed by atoms with Crippen LogP contribution in [0.4, 0.5) is 0 Å². The molecule has 58 heavy (non-hydrogen) atoms. The maximum Gasteiger partial charge on any atom is 0.164 e. The Morgan fingerprint density at radius 1 is 0.397 bits per heavy atom. The van der Waals surface area contributed by atoms with Gasteiger partial charge in [0.25, 0.3) is 0 Å². The van der Waals surface area contributed by atoms with Crippen molar-refractivity contribution in [3.05, 3.63) is 227 Å². The molecule has 8 aromatic rings. The second-order valence-corrected chi connectivity index (χ2v) is 16.0. The molecule has 3 heteroatoms. The van der Waals surface area contributed by atoms with Gasteiger partial charge in [0.2, 0.25) is 0 Å². The van der Waals surface area contributed by atoms with Gasteiger partial charge in [0.1, 0.15) is 0 Å². The van der Waals surface area contributed by atoms with Gasteiger partial charge in [-0.05, 0) is 86.7 Å². The van der Waals surface area contributed by atoms with Crippen LogP contribution in [0.5, 0.6) is 0 Å². The molecule has 1 spiro atoms. The summed E-state index contributed by atoms with van der Waals surface area (Å²) in [4.78, 5) is 15.7. The molecular formula is C55H43N3. The Balaban J connectivity index is 1.18. The molecule has 0 saturated heterocycles. The van der Waals surface area contributed by atoms with Crippen molar-refractivity contribution in [3.63, 3.8) is 0 Å². The average Bonchev–Trinajstić information content (AvgIpc) is 3.53. The number of hydrogen-bond donors (Lipinski definition) is 0. The first-order valence-electron chi connectivity index (χ1n) is 20.1. The van der Waals surface area contributed by atoms with Gasteiger partial charge < -0.3 is 0 Å². The predicted molar refractivity (Wildman–Crippen MR) is 239 cm³/mol. The SMILES string of the molecule is C/C=C\C1=C(C)C2(c3ccccc31)c1ccccc1C(C)(C)c1ccc(-c3nc(-c4ccc(-c5ccccc5)cc4)nc(-c4ccc(-c5ccccc5)cc4)n3)cc12. The van der Waals surface area contributed by atoms with E-state index in [4.69, 9.17) is 15.0 Å². The summed E-state index contributed by atoms with van der Waals surface area (Å²) < 4.78 is 0. The van der Waals surface area contributed by atoms with Crippen molar-refractivity contribution < 1.29 is 0 Å². The predicted octanol–water partition coefficient (Wildman–Crippen LogP) is 13.5. The van der Waals surface area contributed by atoms with Crippen LogP contribution in [0, 0.1) is 0 Å². The highest BCUT2D eigenvalue weighted by Crippen LogP contribution is 2.61. The van der Waals surface area contributed by atoms with Crippen molar-refractivity contribution in [2.45, 2.75) is 38.5 Å². The lowest BCUT2D eigenvalue weighted by Gasteiger charge is -2.47. The second-order valence-electron chi connectivity index (χ2n) is 16.0. The molecular weight excluding hydrogens is 703 g/mol. The Kier molecular flexibility index (Phi) is 8.49. The first-order chi connectivity index (χ1) is 28.4. The summed E-state index contributed by atoms with van der Waals surface area (Å²) in [6.07, 6.45) is 4.45. The van der Waals surface area contributed by atoms with Gasteiger partial charge in [0.15, 0.2) is 17.5 Å². The Bertz CT molecular complexity index is 2800. The van der Waals surface area contributed by atoms with Gasteiger partial charge in [-0.15, -0.1) is 0 Å². The summed E-state index contributed by atoms with van der Waals surface area (Å²) in [5, 5.41) is 0. The number of rotatable bonds is 6. The van der Waals surface area contributed by atoms with Crippen LogP contribution in [0.2, 0.25) is 0 Å². The van der Waals surface area contributed by atoms with Crippen LogP contribution < -0.4 is 0 Å². The molecule has 0 saturated carbocycles. The molecule has 1 unspecified atom stereocenters. The molecule has 0 radical (unpaired) electrons. The smallest absolute Gasteiger partial charge is 0.164 e. The van der Waals surface area contributed by atoms with Crippen LogP contribution >= 0.6 is 0 Å². The van der Waals surface area contributed by atoms with Crippen LogP contribution in [-0.4, -0.2) is 15.0 Å². The van der Waals surface area contributed by atoms with E-state index in [0.29, 0.717) is 17.5 Å². The first kappa shape index (κ1) is 35.4. The molecule has 0 fully saturated rings. The van der Waals surface area contributed by atoms with Crippen LogP contribution in [0.25, 0.3) is 62.0 Å². The van der Waals surface area contributed by atoms with Crippen molar-refractivity contribution in [1.29, 1.82) is 0 Å². The lowest BCUT2D eigenvalue weighted by atomic mass is 9.55. The zero-order valence-electron chi connectivity index (χ0n) is 33.2. The Morgan fingerprint density at radius 3 is 1.36 bits per heavy atom. The molecule has 10 rings (SSSR count). The highest BCUT2D eigenvalue weighted by molar-refractivity contribution is 5.91. The minimum atomic E-state index is -0.484. The van der Waals surface area contributed by atoms with E-state index < -0.39 is 5.41 Å². The largest absolute Gasteiger partial charge is 0.208 e. The van der Waals surface area contributed by atoms with Gasteiger partial charge in [-0.3, -0.25) is 0 Å². The molecule has 0 bridgehead atoms. The zero-order valence-corrected chi connectivity index (χ0v) is 33.2. The Hall–Kier alpha value is -6.97. The van der Waals surface area contributed by atoms with Crippen molar-refractivity contribution >= 4 is 5.57 Å². The lowest BCUT2D eigenvalue weighted by molar-refractivity contribution is 0.558. The topological polar surface area (TPSA) is 38.7 Å². The van der Waals surface area contributed by atoms with Gasteiger partial charge in [0.05, 0.1) is 5.41 Å². The molecule has 1 atom stereocenters. The quantitative estimate of drug-likeness (QED) is 0.170. The minimum absolute atomic E-state index is 0.231. The number of aromatic nitrogens is 3. The summed E-state index contributed by atoms with van der Waals surface area (Å²) in [7, 11) is 0. The van der Waals surface area contributed by atoms with Gasteiger partial charge in [-0.25, -0.2) is 15.0 Å². The molecule has 1 aromatic heterocycles. The lowest BCUT2D eigenvalue weighted by Crippen LogP contribution is -2.41. The zero-order chi connectivity index (χ0) is 39.4. The Morgan fingerprint density at radius 2 is 0.810 bits per heavy atom. The molecule has 2 aliphatic rings. The van der Waals surface area contributed by atoms with Crippen molar-refractivity contribution in [3.8, 4) is 56.4 Å². The van der Waals surface area contributed by atoms with E-state index in [1.54, 1.807) is 0 Å². The second kappa shape index (κ2) is 13.9. The Labute approximate surface area is 341 Å². The maximum atomic E-state index is 5.27. The van der Waals surface area contributed by atoms with Crippen LogP contribution in [0.3, 0.4) is 0 Å². The summed E-state index contributed by atoms with van der Waals surface area (Å²) in [6, 6.07) is 63.0. The molecule has 7 aromatic carbocycles. The van der Waals surface area contributed by atoms with Crippen LogP contribution in [-0.2, 0) is 10.8 Å². The van der Waals surface area contributed by atoms with Gasteiger partial charge in [-0.2, -0.15) is 0 Å². The number of benzene rings is 7. The fourth-order valence-corrected chi connectivity index (χ4v) is 9.56. The third-order valence-electron chi connectivity index (χ3n) is 12.4. The first-order valence-corrected chi connectivity index (χ1v) is 20.1. The molecule has 0 amide bonds. The molecule has 3 nitrogen and oxygen atoms in total.